The molecular weight excluding hydrogens is 352 g/mol. The largest absolute Gasteiger partial charge is 0.496 e. The predicted molar refractivity (Wildman–Crippen MR) is 107 cm³/mol. The molecule has 0 aliphatic carbocycles. The van der Waals surface area contributed by atoms with E-state index in [0.29, 0.717) is 0 Å². The minimum absolute atomic E-state index is 0. The summed E-state index contributed by atoms with van der Waals surface area (Å²) in [4.78, 5) is 0. The summed E-state index contributed by atoms with van der Waals surface area (Å²) in [5.74, 6) is 0. The van der Waals surface area contributed by atoms with Gasteiger partial charge in [0.2, 0.25) is 8.32 Å². The number of hydrogen-bond donors (Lipinski definition) is 1. The highest BCUT2D eigenvalue weighted by molar-refractivity contribution is 6.70. The maximum absolute atomic E-state index is 8.53. The van der Waals surface area contributed by atoms with Crippen molar-refractivity contribution in [3.05, 3.63) is 0 Å². The van der Waals surface area contributed by atoms with Gasteiger partial charge in [0.15, 0.2) is 0 Å². The molecule has 0 bridgehead atoms. The first-order chi connectivity index (χ1) is 9.61. The van der Waals surface area contributed by atoms with Crippen LogP contribution in [-0.4, -0.2) is 80.4 Å². The Hall–Kier alpha value is 0.371. The quantitative estimate of drug-likeness (QED) is 0.663. The summed E-state index contributed by atoms with van der Waals surface area (Å²) in [7, 11) is 4.80. The molecule has 0 rings (SSSR count). The lowest BCUT2D eigenvalue weighted by Crippen LogP contribution is -2.38. The third-order valence-electron chi connectivity index (χ3n) is 2.71. The molecule has 10 heteroatoms. The molecule has 150 valence electrons. The van der Waals surface area contributed by atoms with Gasteiger partial charge in [0, 0.05) is 50.6 Å². The Morgan fingerprint density at radius 1 is 0.783 bits per heavy atom. The lowest BCUT2D eigenvalue weighted by atomic mass is 11.7. The highest BCUT2D eigenvalue weighted by atomic mass is 28.4. The number of rotatable bonds is 7. The van der Waals surface area contributed by atoms with Crippen molar-refractivity contribution in [2.24, 2.45) is 0 Å². The minimum Gasteiger partial charge on any atom is -0.418 e. The Morgan fingerprint density at radius 2 is 1.09 bits per heavy atom. The van der Waals surface area contributed by atoms with Crippen LogP contribution in [-0.2, 0) is 26.6 Å². The van der Waals surface area contributed by atoms with E-state index in [-0.39, 0.29) is 22.5 Å². The maximum Gasteiger partial charge on any atom is 0.496 e. The molecule has 0 saturated carbocycles. The molecule has 0 aliphatic heterocycles. The topological polar surface area (TPSA) is 75.6 Å². The van der Waals surface area contributed by atoms with Crippen molar-refractivity contribution in [1.29, 1.82) is 0 Å². The van der Waals surface area contributed by atoms with E-state index in [0.717, 1.165) is 0 Å². The Morgan fingerprint density at radius 3 is 1.09 bits per heavy atom. The van der Waals surface area contributed by atoms with Gasteiger partial charge < -0.3 is 31.7 Å². The molecule has 0 aromatic carbocycles. The zero-order valence-electron chi connectivity index (χ0n) is 15.2. The van der Waals surface area contributed by atoms with E-state index in [1.165, 1.54) is 0 Å². The van der Waals surface area contributed by atoms with E-state index in [1.54, 1.807) is 42.7 Å². The lowest BCUT2D eigenvalue weighted by molar-refractivity contribution is 0.132. The van der Waals surface area contributed by atoms with Crippen molar-refractivity contribution in [1.82, 2.24) is 0 Å². The van der Waals surface area contributed by atoms with Gasteiger partial charge in [-0.2, -0.15) is 0 Å². The fraction of sp³-hybridized carbons (Fsp3) is 1.00. The Labute approximate surface area is 150 Å². The lowest BCUT2D eigenvalue weighted by Gasteiger charge is -2.18. The van der Waals surface area contributed by atoms with Crippen LogP contribution in [0.1, 0.15) is 16.3 Å². The predicted octanol–water partition coefficient (Wildman–Crippen LogP) is 2.51. The molecule has 0 radical (unpaired) electrons. The maximum atomic E-state index is 8.53. The monoisotopic (exact) mass is 396 g/mol. The average molecular weight is 397 g/mol. The molecule has 23 heavy (non-hydrogen) atoms. The third kappa shape index (κ3) is 24.7. The first-order valence-electron chi connectivity index (χ1n) is 6.48. The van der Waals surface area contributed by atoms with Crippen LogP contribution in [0.2, 0.25) is 26.2 Å². The van der Waals surface area contributed by atoms with Gasteiger partial charge in [-0.1, -0.05) is 14.9 Å². The summed E-state index contributed by atoms with van der Waals surface area (Å²) in [6.07, 6.45) is 0.212. The molecule has 0 unspecified atom stereocenters. The third-order valence-corrected chi connectivity index (χ3v) is 8.13. The Kier molecular flexibility index (Phi) is 30.8. The molecule has 0 aromatic heterocycles. The Balaban J connectivity index is -0.0000000481. The average Bonchev–Trinajstić information content (AvgIpc) is 2.54. The first kappa shape index (κ1) is 34.7. The highest BCUT2D eigenvalue weighted by Gasteiger charge is 2.29. The standard InChI is InChI=1S/C4H12O3Si.C4H12O2Si.C3H10O2Si.2CH4.H2/c1-5-8(4,6-2)7-3;1-6-7(2,3)4-5;1-4-6(3)5-2;;;/h1-4H3;5H,4H2,1-3H3;6H,1-3H3;2*1H4;1H. The van der Waals surface area contributed by atoms with Gasteiger partial charge >= 0.3 is 18.1 Å². The number of aliphatic hydroxyl groups is 1. The smallest absolute Gasteiger partial charge is 0.418 e. The highest BCUT2D eigenvalue weighted by Crippen LogP contribution is 2.02. The number of aliphatic hydroxyl groups excluding tert-OH is 1. The summed E-state index contributed by atoms with van der Waals surface area (Å²) in [6, 6.07) is 0. The van der Waals surface area contributed by atoms with Gasteiger partial charge in [-0.15, -0.1) is 0 Å². The summed E-state index contributed by atoms with van der Waals surface area (Å²) >= 11 is 0. The molecule has 0 spiro atoms. The van der Waals surface area contributed by atoms with Crippen molar-refractivity contribution in [2.75, 3.05) is 48.9 Å². The molecule has 0 fully saturated rings. The van der Waals surface area contributed by atoms with Crippen LogP contribution in [0.4, 0.5) is 0 Å². The van der Waals surface area contributed by atoms with E-state index < -0.39 is 26.4 Å². The van der Waals surface area contributed by atoms with E-state index >= 15 is 0 Å². The van der Waals surface area contributed by atoms with Gasteiger partial charge in [0.1, 0.15) is 0 Å². The molecule has 0 aliphatic rings. The van der Waals surface area contributed by atoms with Crippen molar-refractivity contribution < 1.29 is 33.1 Å². The minimum atomic E-state index is -2.17. The van der Waals surface area contributed by atoms with Crippen molar-refractivity contribution >= 4 is 26.4 Å². The molecular formula is C13H44O7Si3. The molecule has 0 heterocycles. The van der Waals surface area contributed by atoms with E-state index in [1.807, 2.05) is 26.2 Å². The molecule has 7 nitrogen and oxygen atoms in total. The van der Waals surface area contributed by atoms with Crippen LogP contribution < -0.4 is 0 Å². The van der Waals surface area contributed by atoms with E-state index in [9.17, 15) is 0 Å². The van der Waals surface area contributed by atoms with Gasteiger partial charge in [0.25, 0.3) is 0 Å². The molecule has 0 aromatic rings. The van der Waals surface area contributed by atoms with Gasteiger partial charge in [-0.25, -0.2) is 0 Å². The summed E-state index contributed by atoms with van der Waals surface area (Å²) in [5.41, 5.74) is 0. The van der Waals surface area contributed by atoms with Gasteiger partial charge in [0.05, 0.1) is 6.23 Å². The normalized spacial score (nSPS) is 10.4. The second-order valence-electron chi connectivity index (χ2n) is 4.64. The molecule has 0 saturated heterocycles. The van der Waals surface area contributed by atoms with Crippen LogP contribution >= 0.6 is 0 Å². The fourth-order valence-electron chi connectivity index (χ4n) is 0.411. The second-order valence-corrected chi connectivity index (χ2v) is 13.9. The van der Waals surface area contributed by atoms with Crippen LogP contribution in [0.25, 0.3) is 0 Å². The first-order valence-corrected chi connectivity index (χ1v) is 13.9. The number of hydrogen-bond acceptors (Lipinski definition) is 7. The SMILES string of the molecule is C.C.CO[SiH](C)OC.CO[Si](C)(C)CO.CO[Si](C)(OC)OC.[HH]. The molecule has 1 N–H and O–H groups in total. The molecule has 0 amide bonds. The summed E-state index contributed by atoms with van der Waals surface area (Å²) in [5, 5.41) is 8.53. The van der Waals surface area contributed by atoms with Crippen molar-refractivity contribution in [3.8, 4) is 0 Å². The van der Waals surface area contributed by atoms with Crippen molar-refractivity contribution in [3.63, 3.8) is 0 Å². The summed E-state index contributed by atoms with van der Waals surface area (Å²) in [6.45, 7) is 7.73. The fourth-order valence-corrected chi connectivity index (χ4v) is 1.23. The van der Waals surface area contributed by atoms with Crippen LogP contribution in [0.3, 0.4) is 0 Å². The van der Waals surface area contributed by atoms with E-state index in [4.69, 9.17) is 31.7 Å². The second kappa shape index (κ2) is 20.4. The summed E-state index contributed by atoms with van der Waals surface area (Å²) < 4.78 is 29.4. The van der Waals surface area contributed by atoms with Crippen LogP contribution in [0.5, 0.6) is 0 Å². The van der Waals surface area contributed by atoms with Gasteiger partial charge in [-0.05, 0) is 19.6 Å². The molecule has 0 atom stereocenters. The van der Waals surface area contributed by atoms with Crippen LogP contribution in [0, 0.1) is 0 Å². The van der Waals surface area contributed by atoms with Crippen LogP contribution in [0.15, 0.2) is 0 Å². The zero-order chi connectivity index (χ0) is 17.5. The van der Waals surface area contributed by atoms with E-state index in [2.05, 4.69) is 0 Å². The van der Waals surface area contributed by atoms with Crippen molar-refractivity contribution in [2.45, 2.75) is 41.0 Å². The van der Waals surface area contributed by atoms with Gasteiger partial charge in [-0.3, -0.25) is 0 Å². The Bertz CT molecular complexity index is 205. The zero-order valence-corrected chi connectivity index (χ0v) is 18.3.